The zero-order valence-corrected chi connectivity index (χ0v) is 14.6. The quantitative estimate of drug-likeness (QED) is 0.455. The predicted molar refractivity (Wildman–Crippen MR) is 95.0 cm³/mol. The van der Waals surface area contributed by atoms with Crippen LogP contribution in [-0.2, 0) is 9.59 Å². The van der Waals surface area contributed by atoms with Crippen molar-refractivity contribution in [2.24, 2.45) is 5.10 Å². The molecule has 0 bridgehead atoms. The zero-order chi connectivity index (χ0) is 16.8. The van der Waals surface area contributed by atoms with Gasteiger partial charge in [-0.15, -0.1) is 0 Å². The lowest BCUT2D eigenvalue weighted by atomic mass is 10.2. The van der Waals surface area contributed by atoms with Gasteiger partial charge in [0.15, 0.2) is 0 Å². The average Bonchev–Trinajstić information content (AvgIpc) is 2.48. The van der Waals surface area contributed by atoms with Crippen LogP contribution in [0.3, 0.4) is 0 Å². The fourth-order valence-corrected chi connectivity index (χ4v) is 2.37. The summed E-state index contributed by atoms with van der Waals surface area (Å²) in [6.45, 7) is 0. The predicted octanol–water partition coefficient (Wildman–Crippen LogP) is 3.84. The van der Waals surface area contributed by atoms with Gasteiger partial charge in [0, 0.05) is 20.2 Å². The molecule has 0 radical (unpaired) electrons. The van der Waals surface area contributed by atoms with Crippen LogP contribution in [0.2, 0.25) is 10.0 Å². The monoisotopic (exact) mass is 413 g/mol. The first-order valence-corrected chi connectivity index (χ1v) is 7.85. The van der Waals surface area contributed by atoms with E-state index in [2.05, 4.69) is 31.8 Å². The number of hydrazone groups is 1. The topological polar surface area (TPSA) is 70.6 Å². The van der Waals surface area contributed by atoms with E-state index in [1.165, 1.54) is 24.4 Å². The number of nitrogens with one attached hydrogen (secondary N) is 2. The van der Waals surface area contributed by atoms with Crippen LogP contribution in [0.15, 0.2) is 52.0 Å². The summed E-state index contributed by atoms with van der Waals surface area (Å²) >= 11 is 14.9. The lowest BCUT2D eigenvalue weighted by Crippen LogP contribution is -2.32. The molecule has 0 saturated heterocycles. The van der Waals surface area contributed by atoms with E-state index in [4.69, 9.17) is 23.2 Å². The number of carbonyl (C=O) groups is 2. The molecule has 0 unspecified atom stereocenters. The van der Waals surface area contributed by atoms with Crippen molar-refractivity contribution in [1.29, 1.82) is 0 Å². The van der Waals surface area contributed by atoms with Crippen molar-refractivity contribution in [2.75, 3.05) is 5.32 Å². The van der Waals surface area contributed by atoms with Gasteiger partial charge in [-0.1, -0.05) is 51.3 Å². The molecule has 8 heteroatoms. The Bertz CT molecular complexity index is 744. The van der Waals surface area contributed by atoms with E-state index in [1.54, 1.807) is 12.1 Å². The Balaban J connectivity index is 1.92. The third-order valence-corrected chi connectivity index (χ3v) is 3.54. The molecule has 0 aliphatic carbocycles. The van der Waals surface area contributed by atoms with Crippen LogP contribution in [0.4, 0.5) is 5.69 Å². The summed E-state index contributed by atoms with van der Waals surface area (Å²) in [7, 11) is 0. The van der Waals surface area contributed by atoms with E-state index < -0.39 is 11.8 Å². The molecule has 0 fully saturated rings. The molecule has 118 valence electrons. The van der Waals surface area contributed by atoms with E-state index >= 15 is 0 Å². The van der Waals surface area contributed by atoms with Crippen LogP contribution in [0.25, 0.3) is 0 Å². The van der Waals surface area contributed by atoms with Crippen LogP contribution in [0.1, 0.15) is 5.56 Å². The van der Waals surface area contributed by atoms with Crippen molar-refractivity contribution in [3.05, 3.63) is 62.5 Å². The second-order valence-electron chi connectivity index (χ2n) is 4.36. The Morgan fingerprint density at radius 3 is 2.22 bits per heavy atom. The van der Waals surface area contributed by atoms with Crippen molar-refractivity contribution >= 4 is 62.8 Å². The third-order valence-electron chi connectivity index (χ3n) is 2.58. The molecular weight excluding hydrogens is 405 g/mol. The first-order valence-electron chi connectivity index (χ1n) is 6.30. The van der Waals surface area contributed by atoms with Gasteiger partial charge >= 0.3 is 11.8 Å². The fraction of sp³-hybridized carbons (Fsp3) is 0. The second-order valence-corrected chi connectivity index (χ2v) is 6.15. The normalized spacial score (nSPS) is 10.6. The van der Waals surface area contributed by atoms with E-state index in [9.17, 15) is 9.59 Å². The van der Waals surface area contributed by atoms with Crippen molar-refractivity contribution in [3.8, 4) is 0 Å². The number of rotatable bonds is 3. The lowest BCUT2D eigenvalue weighted by molar-refractivity contribution is -0.136. The molecular formula is C15H10BrCl2N3O2. The van der Waals surface area contributed by atoms with E-state index in [1.807, 2.05) is 12.1 Å². The number of anilines is 1. The van der Waals surface area contributed by atoms with E-state index in [0.717, 1.165) is 10.0 Å². The lowest BCUT2D eigenvalue weighted by Gasteiger charge is -2.05. The van der Waals surface area contributed by atoms with Gasteiger partial charge in [-0.05, 0) is 35.9 Å². The summed E-state index contributed by atoms with van der Waals surface area (Å²) in [5.74, 6) is -1.79. The minimum atomic E-state index is -0.908. The van der Waals surface area contributed by atoms with Crippen LogP contribution in [-0.4, -0.2) is 18.0 Å². The van der Waals surface area contributed by atoms with Gasteiger partial charge in [0.05, 0.1) is 6.21 Å². The number of hydrogen-bond acceptors (Lipinski definition) is 3. The number of nitrogens with zero attached hydrogens (tertiary/aromatic N) is 1. The summed E-state index contributed by atoms with van der Waals surface area (Å²) in [6.07, 6.45) is 1.42. The molecule has 2 N–H and O–H groups in total. The highest BCUT2D eigenvalue weighted by atomic mass is 79.9. The maximum absolute atomic E-state index is 11.7. The summed E-state index contributed by atoms with van der Waals surface area (Å²) in [5, 5.41) is 6.79. The van der Waals surface area contributed by atoms with Crippen molar-refractivity contribution < 1.29 is 9.59 Å². The SMILES string of the molecule is O=C(N/N=C\c1ccc(Br)cc1)C(=O)Nc1cc(Cl)cc(Cl)c1. The molecule has 2 amide bonds. The molecule has 0 saturated carbocycles. The minimum Gasteiger partial charge on any atom is -0.318 e. The third kappa shape index (κ3) is 5.67. The van der Waals surface area contributed by atoms with Crippen LogP contribution < -0.4 is 10.7 Å². The molecule has 5 nitrogen and oxygen atoms in total. The van der Waals surface area contributed by atoms with E-state index in [-0.39, 0.29) is 0 Å². The Kier molecular flexibility index (Phi) is 6.15. The van der Waals surface area contributed by atoms with Crippen molar-refractivity contribution in [3.63, 3.8) is 0 Å². The van der Waals surface area contributed by atoms with Crippen molar-refractivity contribution in [2.45, 2.75) is 0 Å². The number of carbonyl (C=O) groups excluding carboxylic acids is 2. The Labute approximate surface area is 150 Å². The molecule has 2 aromatic carbocycles. The summed E-state index contributed by atoms with van der Waals surface area (Å²) in [6, 6.07) is 11.7. The van der Waals surface area contributed by atoms with Gasteiger partial charge in [-0.25, -0.2) is 5.43 Å². The Hall–Kier alpha value is -1.89. The summed E-state index contributed by atoms with van der Waals surface area (Å²) in [5.41, 5.74) is 3.23. The van der Waals surface area contributed by atoms with Gasteiger partial charge in [0.2, 0.25) is 0 Å². The first-order chi connectivity index (χ1) is 10.9. The molecule has 0 aliphatic heterocycles. The van der Waals surface area contributed by atoms with E-state index in [0.29, 0.717) is 15.7 Å². The number of halogens is 3. The summed E-state index contributed by atoms with van der Waals surface area (Å²) in [4.78, 5) is 23.4. The van der Waals surface area contributed by atoms with Crippen LogP contribution in [0.5, 0.6) is 0 Å². The largest absolute Gasteiger partial charge is 0.329 e. The molecule has 0 aromatic heterocycles. The van der Waals surface area contributed by atoms with Crippen molar-refractivity contribution in [1.82, 2.24) is 5.43 Å². The fourth-order valence-electron chi connectivity index (χ4n) is 1.58. The Morgan fingerprint density at radius 1 is 1.00 bits per heavy atom. The molecule has 23 heavy (non-hydrogen) atoms. The number of benzene rings is 2. The maximum Gasteiger partial charge on any atom is 0.329 e. The molecule has 0 heterocycles. The Morgan fingerprint density at radius 2 is 1.61 bits per heavy atom. The number of amides is 2. The molecule has 0 atom stereocenters. The van der Waals surface area contributed by atoms with Gasteiger partial charge < -0.3 is 5.32 Å². The smallest absolute Gasteiger partial charge is 0.318 e. The van der Waals surface area contributed by atoms with Gasteiger partial charge in [-0.3, -0.25) is 9.59 Å². The highest BCUT2D eigenvalue weighted by molar-refractivity contribution is 9.10. The second kappa shape index (κ2) is 8.10. The first kappa shape index (κ1) is 17.5. The highest BCUT2D eigenvalue weighted by Crippen LogP contribution is 2.22. The van der Waals surface area contributed by atoms with Gasteiger partial charge in [-0.2, -0.15) is 5.10 Å². The standard InChI is InChI=1S/C15H10BrCl2N3O2/c16-10-3-1-9(2-4-10)8-19-21-15(23)14(22)20-13-6-11(17)5-12(18)7-13/h1-8H,(H,20,22)(H,21,23)/b19-8-. The van der Waals surface area contributed by atoms with Crippen LogP contribution >= 0.6 is 39.1 Å². The molecule has 2 rings (SSSR count). The molecule has 0 spiro atoms. The number of hydrogen-bond donors (Lipinski definition) is 2. The molecule has 2 aromatic rings. The van der Waals surface area contributed by atoms with Gasteiger partial charge in [0.25, 0.3) is 0 Å². The van der Waals surface area contributed by atoms with Gasteiger partial charge in [0.1, 0.15) is 0 Å². The van der Waals surface area contributed by atoms with Crippen LogP contribution in [0, 0.1) is 0 Å². The average molecular weight is 415 g/mol. The highest BCUT2D eigenvalue weighted by Gasteiger charge is 2.13. The maximum atomic E-state index is 11.7. The molecule has 0 aliphatic rings. The zero-order valence-electron chi connectivity index (χ0n) is 11.5. The summed E-state index contributed by atoms with van der Waals surface area (Å²) < 4.78 is 0.929. The minimum absolute atomic E-state index is 0.319.